The lowest BCUT2D eigenvalue weighted by Gasteiger charge is -2.37. The van der Waals surface area contributed by atoms with Crippen molar-refractivity contribution in [3.63, 3.8) is 0 Å². The molecule has 1 aromatic rings. The second-order valence-electron chi connectivity index (χ2n) is 5.43. The van der Waals surface area contributed by atoms with E-state index in [4.69, 9.17) is 0 Å². The summed E-state index contributed by atoms with van der Waals surface area (Å²) in [4.78, 5) is 10.6. The Labute approximate surface area is 112 Å². The summed E-state index contributed by atoms with van der Waals surface area (Å²) in [5.41, 5.74) is 1.17. The first kappa shape index (κ1) is 14.0. The van der Waals surface area contributed by atoms with Crippen molar-refractivity contribution < 1.29 is 10.0 Å². The molecule has 1 atom stereocenters. The predicted molar refractivity (Wildman–Crippen MR) is 73.1 cm³/mol. The van der Waals surface area contributed by atoms with Gasteiger partial charge in [-0.3, -0.25) is 10.1 Å². The van der Waals surface area contributed by atoms with E-state index in [2.05, 4.69) is 5.32 Å². The molecule has 19 heavy (non-hydrogen) atoms. The quantitative estimate of drug-likeness (QED) is 0.632. The summed E-state index contributed by atoms with van der Waals surface area (Å²) in [5, 5.41) is 24.2. The van der Waals surface area contributed by atoms with E-state index in [1.807, 2.05) is 13.0 Å². The number of nitrogens with one attached hydrogen (secondary N) is 1. The van der Waals surface area contributed by atoms with E-state index in [0.717, 1.165) is 24.8 Å². The summed E-state index contributed by atoms with van der Waals surface area (Å²) in [6.45, 7) is 4.27. The zero-order valence-corrected chi connectivity index (χ0v) is 11.3. The first-order valence-electron chi connectivity index (χ1n) is 6.63. The first-order valence-corrected chi connectivity index (χ1v) is 6.63. The van der Waals surface area contributed by atoms with Crippen molar-refractivity contribution in [3.8, 4) is 0 Å². The van der Waals surface area contributed by atoms with Gasteiger partial charge in [-0.25, -0.2) is 0 Å². The first-order chi connectivity index (χ1) is 8.93. The highest BCUT2D eigenvalue weighted by atomic mass is 16.6. The molecule has 2 rings (SSSR count). The van der Waals surface area contributed by atoms with Crippen LogP contribution < -0.4 is 5.32 Å². The zero-order chi connectivity index (χ0) is 14.0. The molecule has 1 fully saturated rings. The predicted octanol–water partition coefficient (Wildman–Crippen LogP) is 2.47. The minimum atomic E-state index is -0.580. The summed E-state index contributed by atoms with van der Waals surface area (Å²) < 4.78 is 0. The van der Waals surface area contributed by atoms with Crippen molar-refractivity contribution in [2.45, 2.75) is 44.8 Å². The van der Waals surface area contributed by atoms with Crippen LogP contribution in [0.2, 0.25) is 0 Å². The van der Waals surface area contributed by atoms with Crippen LogP contribution in [0.4, 0.5) is 5.69 Å². The average Bonchev–Trinajstić information content (AvgIpc) is 2.33. The normalized spacial score (nSPS) is 18.7. The fraction of sp³-hybridized carbons (Fsp3) is 0.571. The summed E-state index contributed by atoms with van der Waals surface area (Å²) >= 11 is 0. The van der Waals surface area contributed by atoms with E-state index in [9.17, 15) is 15.2 Å². The molecule has 0 spiro atoms. The van der Waals surface area contributed by atoms with Gasteiger partial charge in [0.15, 0.2) is 0 Å². The molecule has 1 saturated carbocycles. The van der Waals surface area contributed by atoms with Gasteiger partial charge in [0.2, 0.25) is 0 Å². The van der Waals surface area contributed by atoms with Crippen LogP contribution in [0, 0.1) is 17.0 Å². The Bertz CT molecular complexity index is 484. The fourth-order valence-electron chi connectivity index (χ4n) is 2.52. The molecule has 0 amide bonds. The summed E-state index contributed by atoms with van der Waals surface area (Å²) in [7, 11) is 0. The molecule has 5 heteroatoms. The molecule has 1 aromatic carbocycles. The minimum absolute atomic E-state index is 0.00970. The molecule has 0 aliphatic heterocycles. The SMILES string of the molecule is Cc1c(C(C)NCC2(O)CCC2)cccc1[N+](=O)[O-]. The molecule has 1 aliphatic rings. The van der Waals surface area contributed by atoms with Gasteiger partial charge in [0.1, 0.15) is 0 Å². The number of nitro groups is 1. The van der Waals surface area contributed by atoms with Gasteiger partial charge in [-0.15, -0.1) is 0 Å². The minimum Gasteiger partial charge on any atom is -0.389 e. The van der Waals surface area contributed by atoms with Gasteiger partial charge in [-0.1, -0.05) is 12.1 Å². The van der Waals surface area contributed by atoms with Crippen molar-refractivity contribution in [1.29, 1.82) is 0 Å². The van der Waals surface area contributed by atoms with E-state index in [1.165, 1.54) is 6.07 Å². The van der Waals surface area contributed by atoms with Crippen molar-refractivity contribution in [2.24, 2.45) is 0 Å². The van der Waals surface area contributed by atoms with Gasteiger partial charge in [-0.05, 0) is 38.7 Å². The number of aliphatic hydroxyl groups is 1. The van der Waals surface area contributed by atoms with E-state index < -0.39 is 5.60 Å². The maximum absolute atomic E-state index is 10.9. The molecule has 1 unspecified atom stereocenters. The van der Waals surface area contributed by atoms with E-state index >= 15 is 0 Å². The zero-order valence-electron chi connectivity index (χ0n) is 11.3. The fourth-order valence-corrected chi connectivity index (χ4v) is 2.52. The summed E-state index contributed by atoms with van der Waals surface area (Å²) in [6.07, 6.45) is 2.74. The van der Waals surface area contributed by atoms with Crippen LogP contribution in [0.15, 0.2) is 18.2 Å². The lowest BCUT2D eigenvalue weighted by Crippen LogP contribution is -2.46. The van der Waals surface area contributed by atoms with Crippen molar-refractivity contribution in [2.75, 3.05) is 6.54 Å². The molecule has 0 radical (unpaired) electrons. The molecule has 0 bridgehead atoms. The van der Waals surface area contributed by atoms with E-state index in [0.29, 0.717) is 12.1 Å². The Balaban J connectivity index is 2.08. The van der Waals surface area contributed by atoms with E-state index in [-0.39, 0.29) is 16.7 Å². The van der Waals surface area contributed by atoms with Gasteiger partial charge >= 0.3 is 0 Å². The number of hydrogen-bond donors (Lipinski definition) is 2. The lowest BCUT2D eigenvalue weighted by atomic mass is 9.80. The number of nitro benzene ring substituents is 1. The Morgan fingerprint density at radius 3 is 2.74 bits per heavy atom. The number of hydrogen-bond acceptors (Lipinski definition) is 4. The maximum atomic E-state index is 10.9. The topological polar surface area (TPSA) is 75.4 Å². The highest BCUT2D eigenvalue weighted by molar-refractivity contribution is 5.45. The highest BCUT2D eigenvalue weighted by Gasteiger charge is 2.34. The van der Waals surface area contributed by atoms with Crippen LogP contribution in [0.3, 0.4) is 0 Å². The molecule has 2 N–H and O–H groups in total. The molecule has 0 aromatic heterocycles. The Morgan fingerprint density at radius 1 is 1.53 bits per heavy atom. The van der Waals surface area contributed by atoms with Crippen LogP contribution in [0.25, 0.3) is 0 Å². The Morgan fingerprint density at radius 2 is 2.21 bits per heavy atom. The highest BCUT2D eigenvalue weighted by Crippen LogP contribution is 2.32. The van der Waals surface area contributed by atoms with Gasteiger partial charge in [0, 0.05) is 24.2 Å². The average molecular weight is 264 g/mol. The summed E-state index contributed by atoms with van der Waals surface area (Å²) in [6, 6.07) is 5.11. The van der Waals surface area contributed by atoms with Crippen molar-refractivity contribution >= 4 is 5.69 Å². The maximum Gasteiger partial charge on any atom is 0.272 e. The molecule has 0 heterocycles. The third-order valence-electron chi connectivity index (χ3n) is 4.03. The molecule has 1 aliphatic carbocycles. The molecule has 5 nitrogen and oxygen atoms in total. The second kappa shape index (κ2) is 5.27. The Hall–Kier alpha value is -1.46. The van der Waals surface area contributed by atoms with Crippen LogP contribution in [0.1, 0.15) is 43.4 Å². The molecular weight excluding hydrogens is 244 g/mol. The van der Waals surface area contributed by atoms with E-state index in [1.54, 1.807) is 13.0 Å². The van der Waals surface area contributed by atoms with Gasteiger partial charge < -0.3 is 10.4 Å². The van der Waals surface area contributed by atoms with Gasteiger partial charge in [-0.2, -0.15) is 0 Å². The number of rotatable bonds is 5. The van der Waals surface area contributed by atoms with Gasteiger partial charge in [0.05, 0.1) is 10.5 Å². The van der Waals surface area contributed by atoms with Gasteiger partial charge in [0.25, 0.3) is 5.69 Å². The number of nitrogens with zero attached hydrogens (tertiary/aromatic N) is 1. The lowest BCUT2D eigenvalue weighted by molar-refractivity contribution is -0.385. The van der Waals surface area contributed by atoms with Crippen LogP contribution in [-0.2, 0) is 0 Å². The third-order valence-corrected chi connectivity index (χ3v) is 4.03. The van der Waals surface area contributed by atoms with Crippen molar-refractivity contribution in [3.05, 3.63) is 39.4 Å². The molecular formula is C14H20N2O3. The Kier molecular flexibility index (Phi) is 3.87. The number of benzene rings is 1. The molecule has 104 valence electrons. The van der Waals surface area contributed by atoms with Crippen LogP contribution in [0.5, 0.6) is 0 Å². The summed E-state index contributed by atoms with van der Waals surface area (Å²) in [5.74, 6) is 0. The smallest absolute Gasteiger partial charge is 0.272 e. The largest absolute Gasteiger partial charge is 0.389 e. The molecule has 0 saturated heterocycles. The van der Waals surface area contributed by atoms with Crippen LogP contribution in [-0.4, -0.2) is 22.2 Å². The third kappa shape index (κ3) is 2.93. The second-order valence-corrected chi connectivity index (χ2v) is 5.43. The standard InChI is InChI=1S/C14H20N2O3/c1-10-12(5-3-6-13(10)16(18)19)11(2)15-9-14(17)7-4-8-14/h3,5-6,11,15,17H,4,7-9H2,1-2H3. The monoisotopic (exact) mass is 264 g/mol. The van der Waals surface area contributed by atoms with Crippen LogP contribution >= 0.6 is 0 Å². The van der Waals surface area contributed by atoms with Crippen molar-refractivity contribution in [1.82, 2.24) is 5.32 Å².